The Balaban J connectivity index is 2.31. The van der Waals surface area contributed by atoms with Crippen molar-refractivity contribution < 1.29 is 29.1 Å². The summed E-state index contributed by atoms with van der Waals surface area (Å²) in [6.45, 7) is -1.07. The maximum absolute atomic E-state index is 11.7. The molecule has 0 amide bonds. The van der Waals surface area contributed by atoms with E-state index in [-0.39, 0.29) is 29.7 Å². The van der Waals surface area contributed by atoms with Gasteiger partial charge in [-0.3, -0.25) is 9.78 Å². The first kappa shape index (κ1) is 16.5. The number of nitrogens with two attached hydrogens (primary N) is 1. The van der Waals surface area contributed by atoms with Crippen molar-refractivity contribution >= 4 is 31.0 Å². The van der Waals surface area contributed by atoms with Gasteiger partial charge in [0.2, 0.25) is 5.95 Å². The van der Waals surface area contributed by atoms with E-state index >= 15 is 0 Å². The molecule has 0 saturated carbocycles. The summed E-state index contributed by atoms with van der Waals surface area (Å²) in [5, 5.41) is 21.6. The first-order valence-corrected chi connectivity index (χ1v) is 7.38. The second kappa shape index (κ2) is 6.12. The number of aliphatic hydroxyl groups excluding tert-OH is 2. The van der Waals surface area contributed by atoms with Crippen molar-refractivity contribution in [3.05, 3.63) is 10.4 Å². The molecular weight excluding hydrogens is 321 g/mol. The molecule has 2 heterocycles. The number of fused-ring (bicyclic) bond motifs is 1. The van der Waals surface area contributed by atoms with E-state index in [9.17, 15) is 24.3 Å². The molecule has 1 aromatic rings. The molecule has 0 aliphatic carbocycles. The monoisotopic (exact) mass is 333 g/mol. The summed E-state index contributed by atoms with van der Waals surface area (Å²) in [4.78, 5) is 42.7. The smallest absolute Gasteiger partial charge is 0.280 e. The third-order valence-corrected chi connectivity index (χ3v) is 3.27. The molecule has 0 unspecified atom stereocenters. The predicted molar refractivity (Wildman–Crippen MR) is 70.4 cm³/mol. The highest BCUT2D eigenvalue weighted by Gasteiger charge is 2.28. The van der Waals surface area contributed by atoms with Crippen molar-refractivity contribution in [1.82, 2.24) is 9.97 Å². The number of anilines is 2. The fraction of sp³-hybridized carbons (Fsp3) is 0.444. The fourth-order valence-electron chi connectivity index (χ4n) is 1.81. The standard InChI is InChI=1S/C9H14N5O7P/c10-9-13-7-5(8(17)14-9)12-3(1-11-7)6(16)4(2-15)21-22(18,19)20/h4,6,15-16H,1-2H2,(H2,18,19,20)(H4,10,11,13,14,17)/p-2/t4-,6+/m1/s1. The third-order valence-electron chi connectivity index (χ3n) is 2.74. The van der Waals surface area contributed by atoms with E-state index in [0.29, 0.717) is 0 Å². The molecule has 0 spiro atoms. The molecule has 1 aliphatic heterocycles. The van der Waals surface area contributed by atoms with Gasteiger partial charge >= 0.3 is 0 Å². The van der Waals surface area contributed by atoms with Crippen LogP contribution in [0.5, 0.6) is 0 Å². The summed E-state index contributed by atoms with van der Waals surface area (Å²) in [5.74, 6) is -0.0531. The van der Waals surface area contributed by atoms with Gasteiger partial charge in [0.05, 0.1) is 26.7 Å². The molecule has 0 radical (unpaired) electrons. The normalized spacial score (nSPS) is 17.2. The van der Waals surface area contributed by atoms with Crippen molar-refractivity contribution in [2.75, 3.05) is 24.2 Å². The van der Waals surface area contributed by atoms with Crippen molar-refractivity contribution in [2.24, 2.45) is 4.99 Å². The van der Waals surface area contributed by atoms with Crippen LogP contribution in [0.15, 0.2) is 9.79 Å². The Morgan fingerprint density at radius 1 is 1.50 bits per heavy atom. The molecule has 13 heteroatoms. The topological polar surface area (TPSA) is 209 Å². The number of phosphoric acid groups is 1. The number of aromatic nitrogens is 2. The number of nitrogen functional groups attached to an aromatic ring is 1. The summed E-state index contributed by atoms with van der Waals surface area (Å²) < 4.78 is 14.6. The minimum Gasteiger partial charge on any atom is -0.790 e. The number of aromatic amines is 1. The Hall–Kier alpha value is -1.82. The van der Waals surface area contributed by atoms with Crippen LogP contribution in [0.3, 0.4) is 0 Å². The maximum Gasteiger partial charge on any atom is 0.280 e. The van der Waals surface area contributed by atoms with Crippen LogP contribution in [-0.2, 0) is 9.09 Å². The van der Waals surface area contributed by atoms with Crippen LogP contribution in [0, 0.1) is 0 Å². The van der Waals surface area contributed by atoms with E-state index < -0.39 is 32.2 Å². The van der Waals surface area contributed by atoms with Gasteiger partial charge in [-0.25, -0.2) is 4.99 Å². The Kier molecular flexibility index (Phi) is 4.60. The van der Waals surface area contributed by atoms with Crippen molar-refractivity contribution in [2.45, 2.75) is 12.2 Å². The van der Waals surface area contributed by atoms with Gasteiger partial charge < -0.3 is 40.1 Å². The van der Waals surface area contributed by atoms with E-state index in [4.69, 9.17) is 10.8 Å². The van der Waals surface area contributed by atoms with Crippen molar-refractivity contribution in [3.63, 3.8) is 0 Å². The highest BCUT2D eigenvalue weighted by atomic mass is 31.2. The fourth-order valence-corrected chi connectivity index (χ4v) is 2.32. The Bertz CT molecular complexity index is 698. The number of aliphatic hydroxyl groups is 2. The van der Waals surface area contributed by atoms with E-state index in [0.717, 1.165) is 0 Å². The molecular formula is C9H12N5O7P-2. The van der Waals surface area contributed by atoms with Crippen LogP contribution in [0.2, 0.25) is 0 Å². The van der Waals surface area contributed by atoms with Crippen LogP contribution in [0.25, 0.3) is 0 Å². The molecule has 122 valence electrons. The van der Waals surface area contributed by atoms with Gasteiger partial charge in [-0.1, -0.05) is 0 Å². The Labute approximate surface area is 122 Å². The molecule has 0 bridgehead atoms. The van der Waals surface area contributed by atoms with Gasteiger partial charge in [0.15, 0.2) is 11.5 Å². The lowest BCUT2D eigenvalue weighted by Gasteiger charge is -2.35. The molecule has 6 N–H and O–H groups in total. The number of nitrogens with zero attached hydrogens (tertiary/aromatic N) is 2. The van der Waals surface area contributed by atoms with E-state index in [1.165, 1.54) is 0 Å². The molecule has 0 fully saturated rings. The van der Waals surface area contributed by atoms with Crippen LogP contribution in [0.4, 0.5) is 17.5 Å². The number of nitrogens with one attached hydrogen (secondary N) is 2. The van der Waals surface area contributed by atoms with Gasteiger partial charge in [-0.05, 0) is 0 Å². The molecule has 12 nitrogen and oxygen atoms in total. The molecule has 2 rings (SSSR count). The first-order chi connectivity index (χ1) is 10.2. The predicted octanol–water partition coefficient (Wildman–Crippen LogP) is -3.58. The van der Waals surface area contributed by atoms with Gasteiger partial charge in [-0.15, -0.1) is 0 Å². The number of rotatable bonds is 5. The molecule has 22 heavy (non-hydrogen) atoms. The molecule has 1 aromatic heterocycles. The van der Waals surface area contributed by atoms with Crippen molar-refractivity contribution in [3.8, 4) is 0 Å². The van der Waals surface area contributed by atoms with Crippen LogP contribution in [0.1, 0.15) is 0 Å². The third kappa shape index (κ3) is 3.68. The number of aliphatic imine (C=N–C) groups is 1. The molecule has 0 aromatic carbocycles. The first-order valence-electron chi connectivity index (χ1n) is 5.92. The summed E-state index contributed by atoms with van der Waals surface area (Å²) in [6.07, 6.45) is -3.46. The highest BCUT2D eigenvalue weighted by molar-refractivity contribution is 7.43. The minimum absolute atomic E-state index is 0.0805. The van der Waals surface area contributed by atoms with Gasteiger partial charge in [0, 0.05) is 0 Å². The number of hydrogen-bond acceptors (Lipinski definition) is 11. The van der Waals surface area contributed by atoms with Crippen LogP contribution in [-0.4, -0.2) is 51.3 Å². The van der Waals surface area contributed by atoms with Gasteiger partial charge in [0.25, 0.3) is 5.56 Å². The van der Waals surface area contributed by atoms with Crippen LogP contribution >= 0.6 is 7.82 Å². The Morgan fingerprint density at radius 2 is 2.18 bits per heavy atom. The SMILES string of the molecule is Nc1nc2c(c(=O)[nH]1)N=C([C@H](O)[C@@H](CO)OP(=O)([O-])[O-])CN2. The largest absolute Gasteiger partial charge is 0.790 e. The minimum atomic E-state index is -5.42. The zero-order valence-corrected chi connectivity index (χ0v) is 11.8. The van der Waals surface area contributed by atoms with E-state index in [1.807, 2.05) is 0 Å². The van der Waals surface area contributed by atoms with Gasteiger partial charge in [-0.2, -0.15) is 4.98 Å². The zero-order chi connectivity index (χ0) is 16.5. The van der Waals surface area contributed by atoms with E-state index in [1.54, 1.807) is 0 Å². The molecule has 1 aliphatic rings. The summed E-state index contributed by atoms with van der Waals surface area (Å²) in [7, 11) is -5.42. The molecule has 0 saturated heterocycles. The summed E-state index contributed by atoms with van der Waals surface area (Å²) >= 11 is 0. The lowest BCUT2D eigenvalue weighted by Crippen LogP contribution is -2.43. The van der Waals surface area contributed by atoms with E-state index in [2.05, 4.69) is 24.8 Å². The average molecular weight is 333 g/mol. The lowest BCUT2D eigenvalue weighted by molar-refractivity contribution is -0.346. The summed E-state index contributed by atoms with van der Waals surface area (Å²) in [6, 6.07) is 0. The van der Waals surface area contributed by atoms with Gasteiger partial charge in [0.1, 0.15) is 12.2 Å². The lowest BCUT2D eigenvalue weighted by atomic mass is 10.1. The highest BCUT2D eigenvalue weighted by Crippen LogP contribution is 2.29. The Morgan fingerprint density at radius 3 is 2.77 bits per heavy atom. The molecule has 2 atom stereocenters. The number of hydrogen-bond donors (Lipinski definition) is 5. The maximum atomic E-state index is 11.7. The van der Waals surface area contributed by atoms with Crippen molar-refractivity contribution in [1.29, 1.82) is 0 Å². The second-order valence-corrected chi connectivity index (χ2v) is 5.43. The average Bonchev–Trinajstić information content (AvgIpc) is 2.42. The number of phosphoric ester groups is 1. The van der Waals surface area contributed by atoms with Crippen LogP contribution < -0.4 is 26.4 Å². The summed E-state index contributed by atoms with van der Waals surface area (Å²) in [5.41, 5.74) is 4.38. The quantitative estimate of drug-likeness (QED) is 0.334. The second-order valence-electron chi connectivity index (χ2n) is 4.32. The number of H-pyrrole nitrogens is 1. The zero-order valence-electron chi connectivity index (χ0n) is 10.9.